The first-order chi connectivity index (χ1) is 13.8. The highest BCUT2D eigenvalue weighted by Gasteiger charge is 2.18. The molecule has 0 aliphatic heterocycles. The molecule has 0 aliphatic carbocycles. The van der Waals surface area contributed by atoms with Crippen LogP contribution in [0.25, 0.3) is 0 Å². The lowest BCUT2D eigenvalue weighted by Gasteiger charge is -2.22. The van der Waals surface area contributed by atoms with Crippen LogP contribution in [0.4, 0.5) is 10.8 Å². The minimum atomic E-state index is -3.52. The molecule has 0 spiro atoms. The lowest BCUT2D eigenvalue weighted by Crippen LogP contribution is -2.29. The van der Waals surface area contributed by atoms with Crippen LogP contribution >= 0.6 is 34.7 Å². The van der Waals surface area contributed by atoms with Crippen LogP contribution in [-0.4, -0.2) is 37.0 Å². The van der Waals surface area contributed by atoms with E-state index in [0.717, 1.165) is 16.2 Å². The number of thioether (sulfide) groups is 1. The Hall–Kier alpha value is -2.14. The lowest BCUT2D eigenvalue weighted by molar-refractivity contribution is 0.102. The number of carbonyl (C=O) groups excluding carboxylic acids is 1. The summed E-state index contributed by atoms with van der Waals surface area (Å²) in [5.74, 6) is -0.310. The van der Waals surface area contributed by atoms with Crippen LogP contribution in [0.3, 0.4) is 0 Å². The van der Waals surface area contributed by atoms with Crippen molar-refractivity contribution >= 4 is 61.4 Å². The van der Waals surface area contributed by atoms with Gasteiger partial charge in [0.1, 0.15) is 0 Å². The van der Waals surface area contributed by atoms with E-state index in [2.05, 4.69) is 15.5 Å². The molecule has 0 saturated heterocycles. The minimum Gasteiger partial charge on any atom is -0.296 e. The second-order valence-electron chi connectivity index (χ2n) is 5.98. The van der Waals surface area contributed by atoms with Crippen LogP contribution in [0.1, 0.15) is 15.9 Å². The van der Waals surface area contributed by atoms with E-state index in [4.69, 9.17) is 11.6 Å². The Morgan fingerprint density at radius 1 is 1.21 bits per heavy atom. The number of amides is 1. The SMILES string of the molecule is CSc1nnc(NC(=O)c2ccc(CN(c3cccc(Cl)c3)S(C)(=O)=O)cc2)s1. The van der Waals surface area contributed by atoms with E-state index >= 15 is 0 Å². The van der Waals surface area contributed by atoms with Gasteiger partial charge in [0.05, 0.1) is 18.5 Å². The zero-order chi connectivity index (χ0) is 21.0. The monoisotopic (exact) mass is 468 g/mol. The summed E-state index contributed by atoms with van der Waals surface area (Å²) in [4.78, 5) is 12.4. The van der Waals surface area contributed by atoms with E-state index in [9.17, 15) is 13.2 Å². The first-order valence-corrected chi connectivity index (χ1v) is 12.5. The van der Waals surface area contributed by atoms with Gasteiger partial charge in [-0.1, -0.05) is 52.9 Å². The minimum absolute atomic E-state index is 0.120. The highest BCUT2D eigenvalue weighted by molar-refractivity contribution is 8.00. The van der Waals surface area contributed by atoms with Crippen molar-refractivity contribution in [2.45, 2.75) is 10.9 Å². The average molecular weight is 469 g/mol. The molecule has 1 N–H and O–H groups in total. The number of anilines is 2. The van der Waals surface area contributed by atoms with Crippen molar-refractivity contribution in [3.63, 3.8) is 0 Å². The number of benzene rings is 2. The summed E-state index contributed by atoms with van der Waals surface area (Å²) >= 11 is 8.75. The van der Waals surface area contributed by atoms with Crippen molar-refractivity contribution in [3.8, 4) is 0 Å². The Kier molecular flexibility index (Phi) is 6.78. The van der Waals surface area contributed by atoms with Crippen LogP contribution in [0.5, 0.6) is 0 Å². The quantitative estimate of drug-likeness (QED) is 0.414. The molecular formula is C18H17ClN4O3S3. The van der Waals surface area contributed by atoms with Gasteiger partial charge in [0.15, 0.2) is 4.34 Å². The van der Waals surface area contributed by atoms with Gasteiger partial charge in [-0.05, 0) is 42.2 Å². The van der Waals surface area contributed by atoms with Gasteiger partial charge >= 0.3 is 0 Å². The van der Waals surface area contributed by atoms with Gasteiger partial charge in [-0.2, -0.15) is 0 Å². The number of rotatable bonds is 7. The number of nitrogens with one attached hydrogen (secondary N) is 1. The fourth-order valence-electron chi connectivity index (χ4n) is 2.47. The van der Waals surface area contributed by atoms with Crippen LogP contribution in [0, 0.1) is 0 Å². The Labute approximate surface area is 182 Å². The molecule has 0 fully saturated rings. The van der Waals surface area contributed by atoms with Gasteiger partial charge in [-0.25, -0.2) is 8.42 Å². The molecule has 29 heavy (non-hydrogen) atoms. The first-order valence-electron chi connectivity index (χ1n) is 8.27. The summed E-state index contributed by atoms with van der Waals surface area (Å²) in [7, 11) is -3.52. The third kappa shape index (κ3) is 5.69. The molecule has 0 bridgehead atoms. The van der Waals surface area contributed by atoms with E-state index < -0.39 is 10.0 Å². The normalized spacial score (nSPS) is 11.3. The Bertz CT molecular complexity index is 1120. The Morgan fingerprint density at radius 3 is 2.52 bits per heavy atom. The number of sulfonamides is 1. The summed E-state index contributed by atoms with van der Waals surface area (Å²) in [6.45, 7) is 0.120. The summed E-state index contributed by atoms with van der Waals surface area (Å²) in [6, 6.07) is 13.3. The maximum absolute atomic E-state index is 12.4. The summed E-state index contributed by atoms with van der Waals surface area (Å²) in [5, 5.41) is 11.4. The van der Waals surface area contributed by atoms with Crippen molar-refractivity contribution in [1.29, 1.82) is 0 Å². The fraction of sp³-hybridized carbons (Fsp3) is 0.167. The predicted octanol–water partition coefficient (Wildman–Crippen LogP) is 4.13. The van der Waals surface area contributed by atoms with Crippen LogP contribution < -0.4 is 9.62 Å². The van der Waals surface area contributed by atoms with Gasteiger partial charge < -0.3 is 0 Å². The van der Waals surface area contributed by atoms with Crippen molar-refractivity contribution in [3.05, 3.63) is 64.7 Å². The van der Waals surface area contributed by atoms with Crippen molar-refractivity contribution in [2.75, 3.05) is 22.1 Å². The van der Waals surface area contributed by atoms with Gasteiger partial charge in [-0.3, -0.25) is 14.4 Å². The van der Waals surface area contributed by atoms with E-state index in [1.807, 2.05) is 6.26 Å². The molecule has 152 valence electrons. The van der Waals surface area contributed by atoms with Crippen molar-refractivity contribution < 1.29 is 13.2 Å². The molecule has 0 saturated carbocycles. The number of nitrogens with zero attached hydrogens (tertiary/aromatic N) is 3. The van der Waals surface area contributed by atoms with Gasteiger partial charge in [0.2, 0.25) is 15.2 Å². The summed E-state index contributed by atoms with van der Waals surface area (Å²) < 4.78 is 26.5. The number of hydrogen-bond donors (Lipinski definition) is 1. The topological polar surface area (TPSA) is 92.3 Å². The lowest BCUT2D eigenvalue weighted by atomic mass is 10.1. The zero-order valence-electron chi connectivity index (χ0n) is 15.5. The molecule has 1 heterocycles. The fourth-order valence-corrected chi connectivity index (χ4v) is 4.70. The third-order valence-electron chi connectivity index (χ3n) is 3.84. The molecule has 3 rings (SSSR count). The van der Waals surface area contributed by atoms with Crippen LogP contribution in [-0.2, 0) is 16.6 Å². The first kappa shape index (κ1) is 21.6. The van der Waals surface area contributed by atoms with Crippen molar-refractivity contribution in [1.82, 2.24) is 10.2 Å². The smallest absolute Gasteiger partial charge is 0.257 e. The zero-order valence-corrected chi connectivity index (χ0v) is 18.7. The Morgan fingerprint density at radius 2 is 1.93 bits per heavy atom. The van der Waals surface area contributed by atoms with E-state index in [0.29, 0.717) is 21.4 Å². The molecule has 0 radical (unpaired) electrons. The largest absolute Gasteiger partial charge is 0.296 e. The highest BCUT2D eigenvalue weighted by atomic mass is 35.5. The molecule has 2 aromatic carbocycles. The predicted molar refractivity (Wildman–Crippen MR) is 119 cm³/mol. The molecule has 7 nitrogen and oxygen atoms in total. The maximum atomic E-state index is 12.4. The van der Waals surface area contributed by atoms with Crippen molar-refractivity contribution in [2.24, 2.45) is 0 Å². The Balaban J connectivity index is 1.75. The maximum Gasteiger partial charge on any atom is 0.257 e. The van der Waals surface area contributed by atoms with E-state index in [1.165, 1.54) is 27.4 Å². The second-order valence-corrected chi connectivity index (χ2v) is 10.4. The highest BCUT2D eigenvalue weighted by Crippen LogP contribution is 2.25. The molecule has 0 unspecified atom stereocenters. The molecule has 1 amide bonds. The standard InChI is InChI=1S/C18H17ClN4O3S3/c1-27-18-22-21-17(28-18)20-16(24)13-8-6-12(7-9-13)11-23(29(2,25)26)15-5-3-4-14(19)10-15/h3-10H,11H2,1-2H3,(H,20,21,24). The van der Waals surface area contributed by atoms with Gasteiger partial charge in [0.25, 0.3) is 5.91 Å². The molecule has 0 aliphatic rings. The number of hydrogen-bond acceptors (Lipinski definition) is 7. The third-order valence-corrected chi connectivity index (χ3v) is 7.03. The van der Waals surface area contributed by atoms with Gasteiger partial charge in [0, 0.05) is 10.6 Å². The number of carbonyl (C=O) groups is 1. The summed E-state index contributed by atoms with van der Waals surface area (Å²) in [5.41, 5.74) is 1.64. The van der Waals surface area contributed by atoms with E-state index in [1.54, 1.807) is 48.5 Å². The molecule has 11 heteroatoms. The summed E-state index contributed by atoms with van der Waals surface area (Å²) in [6.07, 6.45) is 3.02. The molecular weight excluding hydrogens is 452 g/mol. The average Bonchev–Trinajstić information content (AvgIpc) is 3.13. The number of halogens is 1. The molecule has 3 aromatic rings. The van der Waals surface area contributed by atoms with Crippen LogP contribution in [0.2, 0.25) is 5.02 Å². The van der Waals surface area contributed by atoms with E-state index in [-0.39, 0.29) is 12.5 Å². The molecule has 1 aromatic heterocycles. The van der Waals surface area contributed by atoms with Gasteiger partial charge in [-0.15, -0.1) is 10.2 Å². The second kappa shape index (κ2) is 9.12. The van der Waals surface area contributed by atoms with Crippen LogP contribution in [0.15, 0.2) is 52.9 Å². The number of aromatic nitrogens is 2. The molecule has 0 atom stereocenters.